The Kier molecular flexibility index (Phi) is 6.42. The number of rotatable bonds is 6. The van der Waals surface area contributed by atoms with Gasteiger partial charge in [0.25, 0.3) is 0 Å². The van der Waals surface area contributed by atoms with Gasteiger partial charge in [0.2, 0.25) is 0 Å². The number of carbonyl (C=O) groups is 1. The molecule has 1 atom stereocenters. The predicted molar refractivity (Wildman–Crippen MR) is 121 cm³/mol. The monoisotopic (exact) mass is 422 g/mol. The zero-order chi connectivity index (χ0) is 21.8. The quantitative estimate of drug-likeness (QED) is 0.620. The summed E-state index contributed by atoms with van der Waals surface area (Å²) in [5, 5.41) is 3.07. The molecule has 0 radical (unpaired) electrons. The summed E-state index contributed by atoms with van der Waals surface area (Å²) in [6.45, 7) is 2.78. The van der Waals surface area contributed by atoms with E-state index in [9.17, 15) is 9.59 Å². The molecule has 0 aliphatic carbocycles. The van der Waals surface area contributed by atoms with Crippen LogP contribution in [0.5, 0.6) is 0 Å². The molecule has 7 heteroatoms. The molecule has 1 fully saturated rings. The van der Waals surface area contributed by atoms with Crippen molar-refractivity contribution in [1.82, 2.24) is 19.7 Å². The van der Waals surface area contributed by atoms with E-state index < -0.39 is 0 Å². The Hall–Kier alpha value is -3.06. The van der Waals surface area contributed by atoms with Crippen molar-refractivity contribution in [2.45, 2.75) is 25.3 Å². The fourth-order valence-corrected chi connectivity index (χ4v) is 4.18. The third-order valence-corrected chi connectivity index (χ3v) is 6.15. The lowest BCUT2D eigenvalue weighted by Gasteiger charge is -2.39. The van der Waals surface area contributed by atoms with E-state index in [2.05, 4.69) is 41.5 Å². The first kappa shape index (κ1) is 21.2. The van der Waals surface area contributed by atoms with Crippen molar-refractivity contribution < 1.29 is 9.21 Å². The third kappa shape index (κ3) is 4.82. The zero-order valence-electron chi connectivity index (χ0n) is 18.2. The molecule has 1 aliphatic heterocycles. The Morgan fingerprint density at radius 2 is 1.90 bits per heavy atom. The van der Waals surface area contributed by atoms with Gasteiger partial charge in [-0.2, -0.15) is 0 Å². The molecule has 0 bridgehead atoms. The van der Waals surface area contributed by atoms with E-state index in [0.29, 0.717) is 25.2 Å². The number of nitrogens with zero attached hydrogens (tertiary/aromatic N) is 3. The number of unbranched alkanes of at least 4 members (excludes halogenated alkanes) is 1. The number of nitrogens with one attached hydrogen (secondary N) is 1. The molecule has 2 amide bonds. The largest absolute Gasteiger partial charge is 0.419 e. The van der Waals surface area contributed by atoms with Crippen LogP contribution in [0.4, 0.5) is 4.79 Å². The van der Waals surface area contributed by atoms with E-state index in [4.69, 9.17) is 4.42 Å². The maximum absolute atomic E-state index is 12.7. The predicted octanol–water partition coefficient (Wildman–Crippen LogP) is 3.15. The number of oxazole rings is 1. The van der Waals surface area contributed by atoms with Gasteiger partial charge in [0.05, 0.1) is 11.6 Å². The number of aryl methyl sites for hydroxylation is 2. The molecule has 0 saturated carbocycles. The molecular formula is C24H30N4O3. The van der Waals surface area contributed by atoms with Gasteiger partial charge >= 0.3 is 11.8 Å². The molecule has 1 unspecified atom stereocenters. The number of hydrogen-bond donors (Lipinski definition) is 1. The normalized spacial score (nSPS) is 17.2. The average Bonchev–Trinajstić information content (AvgIpc) is 3.07. The molecule has 7 nitrogen and oxygen atoms in total. The van der Waals surface area contributed by atoms with Gasteiger partial charge in [-0.25, -0.2) is 9.59 Å². The molecular weight excluding hydrogens is 392 g/mol. The summed E-state index contributed by atoms with van der Waals surface area (Å²) >= 11 is 0. The van der Waals surface area contributed by atoms with Crippen LogP contribution in [0, 0.1) is 0 Å². The van der Waals surface area contributed by atoms with E-state index in [0.717, 1.165) is 36.9 Å². The minimum atomic E-state index is -0.364. The maximum atomic E-state index is 12.7. The summed E-state index contributed by atoms with van der Waals surface area (Å²) in [4.78, 5) is 28.6. The summed E-state index contributed by atoms with van der Waals surface area (Å²) in [5.41, 5.74) is 3.74. The minimum absolute atomic E-state index is 0.00914. The maximum Gasteiger partial charge on any atom is 0.419 e. The Morgan fingerprint density at radius 1 is 1.10 bits per heavy atom. The van der Waals surface area contributed by atoms with E-state index in [-0.39, 0.29) is 17.8 Å². The first-order valence-corrected chi connectivity index (χ1v) is 10.9. The van der Waals surface area contributed by atoms with Crippen LogP contribution in [0.2, 0.25) is 0 Å². The molecule has 1 N–H and O–H groups in total. The zero-order valence-corrected chi connectivity index (χ0v) is 18.2. The fourth-order valence-electron chi connectivity index (χ4n) is 4.18. The number of fused-ring (bicyclic) bond motifs is 1. The molecule has 3 aromatic rings. The van der Waals surface area contributed by atoms with Crippen LogP contribution in [0.25, 0.3) is 11.1 Å². The summed E-state index contributed by atoms with van der Waals surface area (Å²) < 4.78 is 6.84. The first-order valence-electron chi connectivity index (χ1n) is 10.9. The van der Waals surface area contributed by atoms with Gasteiger partial charge in [-0.3, -0.25) is 9.47 Å². The van der Waals surface area contributed by atoms with Gasteiger partial charge in [-0.05, 0) is 49.6 Å². The molecule has 2 aromatic carbocycles. The average molecular weight is 423 g/mol. The van der Waals surface area contributed by atoms with Crippen molar-refractivity contribution in [1.29, 1.82) is 0 Å². The van der Waals surface area contributed by atoms with Crippen molar-refractivity contribution in [3.05, 3.63) is 70.2 Å². The summed E-state index contributed by atoms with van der Waals surface area (Å²) in [6, 6.07) is 16.3. The Morgan fingerprint density at radius 3 is 2.71 bits per heavy atom. The number of aromatic nitrogens is 1. The minimum Gasteiger partial charge on any atom is -0.408 e. The lowest BCUT2D eigenvalue weighted by atomic mass is 10.0. The van der Waals surface area contributed by atoms with Gasteiger partial charge in [0, 0.05) is 33.2 Å². The van der Waals surface area contributed by atoms with Crippen molar-refractivity contribution >= 4 is 17.1 Å². The second kappa shape index (κ2) is 9.39. The molecule has 1 aromatic heterocycles. The highest BCUT2D eigenvalue weighted by Crippen LogP contribution is 2.26. The Balaban J connectivity index is 1.31. The standard InChI is InChI=1S/C24H30N4O3/c1-26-14-15-28(23(29)25-13-7-6-10-18-8-4-3-5-9-18)17-21(26)19-11-12-20-22(16-19)31-24(30)27(20)2/h3-5,8-9,11-12,16,21H,6-7,10,13-15,17H2,1-2H3,(H,25,29). The Labute approximate surface area is 182 Å². The van der Waals surface area contributed by atoms with Crippen LogP contribution in [0.1, 0.15) is 30.0 Å². The molecule has 164 valence electrons. The van der Waals surface area contributed by atoms with E-state index in [1.54, 1.807) is 7.05 Å². The number of hydrogen-bond acceptors (Lipinski definition) is 4. The van der Waals surface area contributed by atoms with E-state index in [1.165, 1.54) is 10.1 Å². The molecule has 31 heavy (non-hydrogen) atoms. The SMILES string of the molecule is CN1CCN(C(=O)NCCCCc2ccccc2)CC1c1ccc2c(c1)oc(=O)n2C. The van der Waals surface area contributed by atoms with Gasteiger partial charge in [-0.15, -0.1) is 0 Å². The number of amides is 2. The van der Waals surface area contributed by atoms with Gasteiger partial charge < -0.3 is 14.6 Å². The van der Waals surface area contributed by atoms with Crippen molar-refractivity contribution in [2.24, 2.45) is 7.05 Å². The smallest absolute Gasteiger partial charge is 0.408 e. The number of carbonyl (C=O) groups excluding carboxylic acids is 1. The fraction of sp³-hybridized carbons (Fsp3) is 0.417. The Bertz CT molecular complexity index is 1090. The van der Waals surface area contributed by atoms with Crippen molar-refractivity contribution in [2.75, 3.05) is 33.2 Å². The number of likely N-dealkylation sites (N-methyl/N-ethyl adjacent to an activating group) is 1. The van der Waals surface area contributed by atoms with Crippen LogP contribution >= 0.6 is 0 Å². The van der Waals surface area contributed by atoms with Crippen molar-refractivity contribution in [3.63, 3.8) is 0 Å². The van der Waals surface area contributed by atoms with Gasteiger partial charge in [0.1, 0.15) is 0 Å². The highest BCUT2D eigenvalue weighted by Gasteiger charge is 2.28. The summed E-state index contributed by atoms with van der Waals surface area (Å²) in [5.74, 6) is -0.364. The lowest BCUT2D eigenvalue weighted by Crippen LogP contribution is -2.52. The van der Waals surface area contributed by atoms with Gasteiger partial charge in [-0.1, -0.05) is 36.4 Å². The molecule has 0 spiro atoms. The lowest BCUT2D eigenvalue weighted by molar-refractivity contribution is 0.110. The van der Waals surface area contributed by atoms with Crippen LogP contribution in [0.15, 0.2) is 57.7 Å². The second-order valence-corrected chi connectivity index (χ2v) is 8.27. The van der Waals surface area contributed by atoms with Crippen LogP contribution in [0.3, 0.4) is 0 Å². The molecule has 1 aliphatic rings. The molecule has 4 rings (SSSR count). The number of urea groups is 1. The summed E-state index contributed by atoms with van der Waals surface area (Å²) in [7, 11) is 3.77. The molecule has 2 heterocycles. The van der Waals surface area contributed by atoms with Crippen LogP contribution < -0.4 is 11.1 Å². The highest BCUT2D eigenvalue weighted by molar-refractivity contribution is 5.75. The first-order chi connectivity index (χ1) is 15.0. The van der Waals surface area contributed by atoms with Crippen LogP contribution in [-0.2, 0) is 13.5 Å². The second-order valence-electron chi connectivity index (χ2n) is 8.27. The highest BCUT2D eigenvalue weighted by atomic mass is 16.4. The van der Waals surface area contributed by atoms with E-state index >= 15 is 0 Å². The summed E-state index contributed by atoms with van der Waals surface area (Å²) in [6.07, 6.45) is 3.05. The van der Waals surface area contributed by atoms with Gasteiger partial charge in [0.15, 0.2) is 5.58 Å². The third-order valence-electron chi connectivity index (χ3n) is 6.15. The van der Waals surface area contributed by atoms with Crippen LogP contribution in [-0.4, -0.2) is 53.6 Å². The van der Waals surface area contributed by atoms with E-state index in [1.807, 2.05) is 29.2 Å². The van der Waals surface area contributed by atoms with Crippen molar-refractivity contribution in [3.8, 4) is 0 Å². The topological polar surface area (TPSA) is 70.7 Å². The number of piperazine rings is 1. The number of benzene rings is 2. The molecule has 1 saturated heterocycles.